The second-order valence-electron chi connectivity index (χ2n) is 7.96. The standard InChI is InChI=1S/C19H27N3O2/c1-5-11-8-14-13-9-12(17(23)24-18(2,3)4)6-7-15(13)22-16(14)19(20,21)10-11/h6-7,9,11,22H,5,8,10,20-21H2,1-4H3. The quantitative estimate of drug-likeness (QED) is 0.582. The minimum atomic E-state index is -0.848. The van der Waals surface area contributed by atoms with Crippen molar-refractivity contribution in [2.45, 2.75) is 58.2 Å². The van der Waals surface area contributed by atoms with Crippen LogP contribution in [-0.4, -0.2) is 16.6 Å². The molecule has 2 aromatic rings. The highest BCUT2D eigenvalue weighted by atomic mass is 16.6. The van der Waals surface area contributed by atoms with E-state index in [1.54, 1.807) is 6.07 Å². The monoisotopic (exact) mass is 329 g/mol. The Labute approximate surface area is 142 Å². The van der Waals surface area contributed by atoms with Crippen LogP contribution in [0.25, 0.3) is 10.9 Å². The van der Waals surface area contributed by atoms with Crippen LogP contribution >= 0.6 is 0 Å². The second kappa shape index (κ2) is 5.60. The first kappa shape index (κ1) is 17.0. The van der Waals surface area contributed by atoms with Crippen molar-refractivity contribution >= 4 is 16.9 Å². The van der Waals surface area contributed by atoms with E-state index in [4.69, 9.17) is 16.2 Å². The Morgan fingerprint density at radius 2 is 2.08 bits per heavy atom. The number of carbonyl (C=O) groups is 1. The molecule has 0 bridgehead atoms. The van der Waals surface area contributed by atoms with Gasteiger partial charge in [-0.25, -0.2) is 4.79 Å². The van der Waals surface area contributed by atoms with Crippen LogP contribution in [-0.2, 0) is 16.8 Å². The Balaban J connectivity index is 2.06. The van der Waals surface area contributed by atoms with Crippen LogP contribution in [0.15, 0.2) is 18.2 Å². The molecule has 1 atom stereocenters. The van der Waals surface area contributed by atoms with Gasteiger partial charge in [0.1, 0.15) is 11.3 Å². The lowest BCUT2D eigenvalue weighted by Crippen LogP contribution is -2.50. The lowest BCUT2D eigenvalue weighted by Gasteiger charge is -2.34. The molecule has 1 aliphatic rings. The number of nitrogens with one attached hydrogen (secondary N) is 1. The molecule has 0 fully saturated rings. The van der Waals surface area contributed by atoms with Crippen LogP contribution in [0.1, 0.15) is 62.2 Å². The first-order valence-electron chi connectivity index (χ1n) is 8.57. The molecular formula is C19H27N3O2. The third-order valence-corrected chi connectivity index (χ3v) is 4.70. The average Bonchev–Trinajstić information content (AvgIpc) is 2.84. The Bertz CT molecular complexity index is 784. The number of carbonyl (C=O) groups excluding carboxylic acids is 1. The molecule has 0 spiro atoms. The molecule has 3 rings (SSSR count). The predicted molar refractivity (Wildman–Crippen MR) is 95.6 cm³/mol. The van der Waals surface area contributed by atoms with Gasteiger partial charge in [-0.15, -0.1) is 0 Å². The van der Waals surface area contributed by atoms with Crippen molar-refractivity contribution in [3.05, 3.63) is 35.0 Å². The zero-order valence-corrected chi connectivity index (χ0v) is 14.9. The molecule has 24 heavy (non-hydrogen) atoms. The molecule has 1 heterocycles. The van der Waals surface area contributed by atoms with E-state index in [2.05, 4.69) is 11.9 Å². The summed E-state index contributed by atoms with van der Waals surface area (Å²) in [7, 11) is 0. The molecule has 0 aliphatic heterocycles. The van der Waals surface area contributed by atoms with Crippen LogP contribution in [0.4, 0.5) is 0 Å². The van der Waals surface area contributed by atoms with E-state index in [0.717, 1.165) is 41.4 Å². The zero-order valence-electron chi connectivity index (χ0n) is 14.9. The van der Waals surface area contributed by atoms with Crippen molar-refractivity contribution in [1.82, 2.24) is 4.98 Å². The number of rotatable bonds is 2. The van der Waals surface area contributed by atoms with Gasteiger partial charge in [0.15, 0.2) is 0 Å². The van der Waals surface area contributed by atoms with Crippen molar-refractivity contribution < 1.29 is 9.53 Å². The minimum Gasteiger partial charge on any atom is -0.456 e. The molecule has 0 radical (unpaired) electrons. The fourth-order valence-corrected chi connectivity index (χ4v) is 3.55. The molecule has 1 unspecified atom stereocenters. The summed E-state index contributed by atoms with van der Waals surface area (Å²) < 4.78 is 5.48. The summed E-state index contributed by atoms with van der Waals surface area (Å²) >= 11 is 0. The topological polar surface area (TPSA) is 94.1 Å². The first-order valence-corrected chi connectivity index (χ1v) is 8.57. The number of nitrogens with two attached hydrogens (primary N) is 2. The molecule has 5 heteroatoms. The van der Waals surface area contributed by atoms with E-state index in [0.29, 0.717) is 11.5 Å². The number of hydrogen-bond donors (Lipinski definition) is 3. The largest absolute Gasteiger partial charge is 0.456 e. The lowest BCUT2D eigenvalue weighted by atomic mass is 9.79. The summed E-state index contributed by atoms with van der Waals surface area (Å²) in [5.41, 5.74) is 14.9. The van der Waals surface area contributed by atoms with Crippen LogP contribution in [0.2, 0.25) is 0 Å². The Kier molecular flexibility index (Phi) is 3.97. The van der Waals surface area contributed by atoms with Gasteiger partial charge in [-0.3, -0.25) is 0 Å². The number of hydrogen-bond acceptors (Lipinski definition) is 4. The maximum Gasteiger partial charge on any atom is 0.338 e. The highest BCUT2D eigenvalue weighted by Gasteiger charge is 2.36. The van der Waals surface area contributed by atoms with Crippen LogP contribution in [0.5, 0.6) is 0 Å². The lowest BCUT2D eigenvalue weighted by molar-refractivity contribution is 0.00697. The number of ether oxygens (including phenoxy) is 1. The van der Waals surface area contributed by atoms with Crippen LogP contribution in [0.3, 0.4) is 0 Å². The van der Waals surface area contributed by atoms with Gasteiger partial charge in [-0.2, -0.15) is 0 Å². The summed E-state index contributed by atoms with van der Waals surface area (Å²) in [5.74, 6) is 0.144. The molecule has 0 amide bonds. The average molecular weight is 329 g/mol. The van der Waals surface area contributed by atoms with Gasteiger partial charge < -0.3 is 21.2 Å². The van der Waals surface area contributed by atoms with E-state index < -0.39 is 11.3 Å². The third-order valence-electron chi connectivity index (χ3n) is 4.70. The van der Waals surface area contributed by atoms with Gasteiger partial charge in [0.2, 0.25) is 0 Å². The van der Waals surface area contributed by atoms with E-state index in [9.17, 15) is 4.79 Å². The van der Waals surface area contributed by atoms with Crippen molar-refractivity contribution in [3.8, 4) is 0 Å². The molecule has 1 aromatic heterocycles. The molecule has 5 nitrogen and oxygen atoms in total. The number of H-pyrrole nitrogens is 1. The fourth-order valence-electron chi connectivity index (χ4n) is 3.55. The highest BCUT2D eigenvalue weighted by Crippen LogP contribution is 2.38. The fraction of sp³-hybridized carbons (Fsp3) is 0.526. The summed E-state index contributed by atoms with van der Waals surface area (Å²) in [6, 6.07) is 5.58. The maximum atomic E-state index is 12.4. The van der Waals surface area contributed by atoms with Crippen molar-refractivity contribution in [2.24, 2.45) is 17.4 Å². The minimum absolute atomic E-state index is 0.311. The summed E-state index contributed by atoms with van der Waals surface area (Å²) in [6.07, 6.45) is 2.73. The van der Waals surface area contributed by atoms with Crippen molar-refractivity contribution in [3.63, 3.8) is 0 Å². The second-order valence-corrected chi connectivity index (χ2v) is 7.96. The van der Waals surface area contributed by atoms with Crippen LogP contribution < -0.4 is 11.5 Å². The zero-order chi connectivity index (χ0) is 17.7. The number of aromatic nitrogens is 1. The number of fused-ring (bicyclic) bond motifs is 3. The van der Waals surface area contributed by atoms with Gasteiger partial charge in [0, 0.05) is 10.9 Å². The first-order chi connectivity index (χ1) is 11.1. The maximum absolute atomic E-state index is 12.4. The predicted octanol–water partition coefficient (Wildman–Crippen LogP) is 3.17. The van der Waals surface area contributed by atoms with Crippen molar-refractivity contribution in [2.75, 3.05) is 0 Å². The van der Waals surface area contributed by atoms with Gasteiger partial charge in [0.25, 0.3) is 0 Å². The highest BCUT2D eigenvalue weighted by molar-refractivity contribution is 5.96. The van der Waals surface area contributed by atoms with Gasteiger partial charge >= 0.3 is 5.97 Å². The van der Waals surface area contributed by atoms with Crippen molar-refractivity contribution in [1.29, 1.82) is 0 Å². The van der Waals surface area contributed by atoms with E-state index >= 15 is 0 Å². The number of esters is 1. The van der Waals surface area contributed by atoms with Gasteiger partial charge in [-0.1, -0.05) is 13.3 Å². The third kappa shape index (κ3) is 3.06. The molecule has 1 aromatic carbocycles. The molecule has 5 N–H and O–H groups in total. The molecule has 1 aliphatic carbocycles. The molecule has 130 valence electrons. The van der Waals surface area contributed by atoms with Gasteiger partial charge in [0.05, 0.1) is 11.3 Å². The summed E-state index contributed by atoms with van der Waals surface area (Å²) in [5, 5.41) is 1.02. The van der Waals surface area contributed by atoms with E-state index in [1.165, 1.54) is 0 Å². The number of benzene rings is 1. The van der Waals surface area contributed by atoms with Gasteiger partial charge in [-0.05, 0) is 63.3 Å². The SMILES string of the molecule is CCC1Cc2c([nH]c3ccc(C(=O)OC(C)(C)C)cc23)C(N)(N)C1. The van der Waals surface area contributed by atoms with E-state index in [-0.39, 0.29) is 5.97 Å². The Morgan fingerprint density at radius 1 is 1.38 bits per heavy atom. The molecule has 0 saturated carbocycles. The smallest absolute Gasteiger partial charge is 0.338 e. The summed E-state index contributed by atoms with van der Waals surface area (Å²) in [4.78, 5) is 15.7. The molecule has 0 saturated heterocycles. The number of aromatic amines is 1. The van der Waals surface area contributed by atoms with Crippen LogP contribution in [0, 0.1) is 5.92 Å². The van der Waals surface area contributed by atoms with E-state index in [1.807, 2.05) is 32.9 Å². The Morgan fingerprint density at radius 3 is 2.71 bits per heavy atom. The Hall–Kier alpha value is -1.85. The molecular weight excluding hydrogens is 302 g/mol. The normalized spacial score (nSPS) is 20.0. The summed E-state index contributed by atoms with van der Waals surface area (Å²) in [6.45, 7) is 7.76.